The van der Waals surface area contributed by atoms with Crippen molar-refractivity contribution in [3.05, 3.63) is 18.2 Å². The summed E-state index contributed by atoms with van der Waals surface area (Å²) in [7, 11) is 1.77. The van der Waals surface area contributed by atoms with Crippen LogP contribution in [0, 0.1) is 5.41 Å². The molecule has 1 aromatic rings. The Hall–Kier alpha value is -1.64. The van der Waals surface area contributed by atoms with E-state index in [0.717, 1.165) is 51.3 Å². The minimum atomic E-state index is -0.546. The number of nitrogens with zero attached hydrogens (tertiary/aromatic N) is 4. The van der Waals surface area contributed by atoms with Gasteiger partial charge in [0, 0.05) is 37.4 Å². The number of imidazole rings is 1. The molecule has 8 heteroatoms. The highest BCUT2D eigenvalue weighted by Gasteiger charge is 2.51. The van der Waals surface area contributed by atoms with Crippen LogP contribution in [0.15, 0.2) is 12.4 Å². The highest BCUT2D eigenvalue weighted by Crippen LogP contribution is 2.51. The molecule has 0 radical (unpaired) electrons. The minimum Gasteiger partial charge on any atom is -0.450 e. The SMILES string of the molecule is CCOC(=O)N1CCC2(CC(N3CCC(c4nccn4CC(O)NC)CC3)C2)C1. The van der Waals surface area contributed by atoms with Gasteiger partial charge in [0.1, 0.15) is 12.1 Å². The lowest BCUT2D eigenvalue weighted by Crippen LogP contribution is -2.54. The van der Waals surface area contributed by atoms with Crippen molar-refractivity contribution in [3.8, 4) is 0 Å². The summed E-state index contributed by atoms with van der Waals surface area (Å²) in [6, 6.07) is 0.656. The lowest BCUT2D eigenvalue weighted by Gasteiger charge is -2.51. The Morgan fingerprint density at radius 3 is 2.83 bits per heavy atom. The summed E-state index contributed by atoms with van der Waals surface area (Å²) in [5.41, 5.74) is 0.327. The van der Waals surface area contributed by atoms with Gasteiger partial charge in [-0.15, -0.1) is 0 Å². The van der Waals surface area contributed by atoms with Gasteiger partial charge in [-0.3, -0.25) is 5.32 Å². The molecule has 8 nitrogen and oxygen atoms in total. The van der Waals surface area contributed by atoms with Crippen LogP contribution < -0.4 is 5.32 Å². The van der Waals surface area contributed by atoms with E-state index in [4.69, 9.17) is 4.74 Å². The number of aliphatic hydroxyl groups excluding tert-OH is 1. The van der Waals surface area contributed by atoms with Crippen LogP contribution in [0.5, 0.6) is 0 Å². The number of aliphatic hydroxyl groups is 1. The van der Waals surface area contributed by atoms with E-state index in [9.17, 15) is 9.90 Å². The van der Waals surface area contributed by atoms with Gasteiger partial charge in [0.05, 0.1) is 13.2 Å². The second kappa shape index (κ2) is 8.62. The van der Waals surface area contributed by atoms with E-state index in [1.807, 2.05) is 24.2 Å². The zero-order chi connectivity index (χ0) is 20.4. The molecule has 3 fully saturated rings. The Kier molecular flexibility index (Phi) is 6.13. The number of carbonyl (C=O) groups is 1. The second-order valence-electron chi connectivity index (χ2n) is 8.99. The summed E-state index contributed by atoms with van der Waals surface area (Å²) in [5.74, 6) is 1.56. The fourth-order valence-corrected chi connectivity index (χ4v) is 5.47. The van der Waals surface area contributed by atoms with Crippen molar-refractivity contribution in [1.29, 1.82) is 0 Å². The molecule has 1 atom stereocenters. The normalized spacial score (nSPS) is 29.2. The first kappa shape index (κ1) is 20.6. The molecular formula is C21H35N5O3. The summed E-state index contributed by atoms with van der Waals surface area (Å²) >= 11 is 0. The number of carbonyl (C=O) groups excluding carboxylic acids is 1. The molecular weight excluding hydrogens is 370 g/mol. The number of aromatic nitrogens is 2. The Morgan fingerprint density at radius 1 is 1.38 bits per heavy atom. The number of likely N-dealkylation sites (tertiary alicyclic amines) is 2. The summed E-state index contributed by atoms with van der Waals surface area (Å²) in [5, 5.41) is 12.8. The molecule has 162 valence electrons. The van der Waals surface area contributed by atoms with Crippen molar-refractivity contribution in [1.82, 2.24) is 24.7 Å². The highest BCUT2D eigenvalue weighted by molar-refractivity contribution is 5.68. The number of likely N-dealkylation sites (N-methyl/N-ethyl adjacent to an activating group) is 1. The standard InChI is InChI=1S/C21H35N5O3/c1-3-29-20(28)26-10-6-21(15-26)12-17(13-21)24-8-4-16(5-9-24)19-23-7-11-25(19)14-18(27)22-2/h7,11,16-18,22,27H,3-6,8-10,12-15H2,1-2H3. The Balaban J connectivity index is 1.25. The number of rotatable bonds is 6. The maximum atomic E-state index is 12.0. The number of nitrogens with one attached hydrogen (secondary N) is 1. The number of amides is 1. The molecule has 0 bridgehead atoms. The molecule has 1 aliphatic carbocycles. The minimum absolute atomic E-state index is 0.146. The van der Waals surface area contributed by atoms with Gasteiger partial charge >= 0.3 is 6.09 Å². The number of ether oxygens (including phenoxy) is 1. The van der Waals surface area contributed by atoms with Crippen molar-refractivity contribution in [2.75, 3.05) is 39.8 Å². The average Bonchev–Trinajstić information content (AvgIpc) is 3.34. The third-order valence-corrected chi connectivity index (χ3v) is 7.16. The number of hydrogen-bond acceptors (Lipinski definition) is 6. The van der Waals surface area contributed by atoms with Gasteiger partial charge in [0.15, 0.2) is 0 Å². The molecule has 1 spiro atoms. The van der Waals surface area contributed by atoms with Crippen LogP contribution in [0.4, 0.5) is 4.79 Å². The van der Waals surface area contributed by atoms with Gasteiger partial charge in [-0.1, -0.05) is 0 Å². The first-order valence-corrected chi connectivity index (χ1v) is 11.1. The fourth-order valence-electron chi connectivity index (χ4n) is 5.47. The van der Waals surface area contributed by atoms with E-state index >= 15 is 0 Å². The Bertz CT molecular complexity index is 694. The van der Waals surface area contributed by atoms with Gasteiger partial charge in [0.2, 0.25) is 0 Å². The summed E-state index contributed by atoms with van der Waals surface area (Å²) in [6.07, 6.45) is 8.87. The summed E-state index contributed by atoms with van der Waals surface area (Å²) < 4.78 is 7.25. The summed E-state index contributed by atoms with van der Waals surface area (Å²) in [4.78, 5) is 21.1. The smallest absolute Gasteiger partial charge is 0.409 e. The van der Waals surface area contributed by atoms with Crippen LogP contribution in [-0.2, 0) is 11.3 Å². The molecule has 3 aliphatic rings. The van der Waals surface area contributed by atoms with Crippen LogP contribution in [-0.4, -0.2) is 82.7 Å². The van der Waals surface area contributed by atoms with Crippen molar-refractivity contribution < 1.29 is 14.6 Å². The van der Waals surface area contributed by atoms with Gasteiger partial charge < -0.3 is 24.2 Å². The van der Waals surface area contributed by atoms with Crippen molar-refractivity contribution in [2.24, 2.45) is 5.41 Å². The molecule has 1 amide bonds. The molecule has 0 aromatic carbocycles. The number of hydrogen-bond donors (Lipinski definition) is 2. The quantitative estimate of drug-likeness (QED) is 0.700. The van der Waals surface area contributed by atoms with Crippen LogP contribution in [0.2, 0.25) is 0 Å². The van der Waals surface area contributed by atoms with Crippen LogP contribution in [0.3, 0.4) is 0 Å². The molecule has 4 rings (SSSR count). The van der Waals surface area contributed by atoms with E-state index in [1.54, 1.807) is 7.05 Å². The molecule has 2 saturated heterocycles. The maximum absolute atomic E-state index is 12.0. The van der Waals surface area contributed by atoms with Crippen molar-refractivity contribution in [3.63, 3.8) is 0 Å². The third kappa shape index (κ3) is 4.29. The van der Waals surface area contributed by atoms with E-state index in [2.05, 4.69) is 19.8 Å². The van der Waals surface area contributed by atoms with Gasteiger partial charge in [-0.25, -0.2) is 9.78 Å². The first-order chi connectivity index (χ1) is 14.0. The van der Waals surface area contributed by atoms with E-state index < -0.39 is 6.23 Å². The van der Waals surface area contributed by atoms with Crippen LogP contribution in [0.1, 0.15) is 50.8 Å². The topological polar surface area (TPSA) is 82.9 Å². The monoisotopic (exact) mass is 405 g/mol. The second-order valence-corrected chi connectivity index (χ2v) is 8.99. The zero-order valence-electron chi connectivity index (χ0n) is 17.7. The Labute approximate surface area is 173 Å². The lowest BCUT2D eigenvalue weighted by molar-refractivity contribution is -0.00531. The highest BCUT2D eigenvalue weighted by atomic mass is 16.6. The maximum Gasteiger partial charge on any atom is 0.409 e. The largest absolute Gasteiger partial charge is 0.450 e. The van der Waals surface area contributed by atoms with E-state index in [-0.39, 0.29) is 6.09 Å². The molecule has 3 heterocycles. The molecule has 1 unspecified atom stereocenters. The lowest BCUT2D eigenvalue weighted by atomic mass is 9.64. The average molecular weight is 406 g/mol. The molecule has 2 N–H and O–H groups in total. The van der Waals surface area contributed by atoms with E-state index in [0.29, 0.717) is 30.5 Å². The predicted molar refractivity (Wildman–Crippen MR) is 110 cm³/mol. The van der Waals surface area contributed by atoms with Crippen molar-refractivity contribution in [2.45, 2.75) is 63.8 Å². The van der Waals surface area contributed by atoms with Crippen molar-refractivity contribution >= 4 is 6.09 Å². The molecule has 1 aromatic heterocycles. The molecule has 29 heavy (non-hydrogen) atoms. The fraction of sp³-hybridized carbons (Fsp3) is 0.810. The van der Waals surface area contributed by atoms with E-state index in [1.165, 1.54) is 12.8 Å². The van der Waals surface area contributed by atoms with Gasteiger partial charge in [0.25, 0.3) is 0 Å². The first-order valence-electron chi connectivity index (χ1n) is 11.1. The molecule has 1 saturated carbocycles. The van der Waals surface area contributed by atoms with Gasteiger partial charge in [-0.05, 0) is 64.6 Å². The molecule has 2 aliphatic heterocycles. The predicted octanol–water partition coefficient (Wildman–Crippen LogP) is 1.61. The third-order valence-electron chi connectivity index (χ3n) is 7.16. The zero-order valence-corrected chi connectivity index (χ0v) is 17.7. The Morgan fingerprint density at radius 2 is 2.14 bits per heavy atom. The number of piperidine rings is 1. The van der Waals surface area contributed by atoms with Crippen LogP contribution in [0.25, 0.3) is 0 Å². The van der Waals surface area contributed by atoms with Gasteiger partial charge in [-0.2, -0.15) is 0 Å². The van der Waals surface area contributed by atoms with Crippen LogP contribution >= 0.6 is 0 Å². The summed E-state index contributed by atoms with van der Waals surface area (Å²) in [6.45, 7) is 6.77.